The maximum atomic E-state index is 13.2. The van der Waals surface area contributed by atoms with Crippen LogP contribution in [0.5, 0.6) is 23.0 Å². The quantitative estimate of drug-likeness (QED) is 0.417. The summed E-state index contributed by atoms with van der Waals surface area (Å²) in [5, 5.41) is 3.23. The summed E-state index contributed by atoms with van der Waals surface area (Å²) in [5.74, 6) is 0.809. The predicted molar refractivity (Wildman–Crippen MR) is 131 cm³/mol. The summed E-state index contributed by atoms with van der Waals surface area (Å²) < 4.78 is 26.6. The first kappa shape index (κ1) is 24.9. The third-order valence-electron chi connectivity index (χ3n) is 5.08. The summed E-state index contributed by atoms with van der Waals surface area (Å²) in [6, 6.07) is 10.5. The molecule has 0 spiro atoms. The third kappa shape index (κ3) is 4.94. The smallest absolute Gasteiger partial charge is 0.341 e. The van der Waals surface area contributed by atoms with Crippen LogP contribution >= 0.6 is 11.3 Å². The average Bonchev–Trinajstić information content (AvgIpc) is 3.18. The van der Waals surface area contributed by atoms with Crippen LogP contribution in [0.4, 0.5) is 5.00 Å². The Kier molecular flexibility index (Phi) is 8.01. The number of amides is 1. The molecule has 3 aromatic rings. The van der Waals surface area contributed by atoms with E-state index in [1.165, 1.54) is 39.8 Å². The van der Waals surface area contributed by atoms with Crippen molar-refractivity contribution in [3.05, 3.63) is 52.4 Å². The fourth-order valence-electron chi connectivity index (χ4n) is 3.55. The van der Waals surface area contributed by atoms with Crippen LogP contribution in [0, 0.1) is 6.92 Å². The van der Waals surface area contributed by atoms with E-state index in [0.717, 1.165) is 16.2 Å². The molecule has 0 atom stereocenters. The van der Waals surface area contributed by atoms with E-state index in [-0.39, 0.29) is 11.1 Å². The standard InChI is InChI=1S/C25H27NO7S/c1-7-33-17-10-8-15(9-11-17)20-14(2)34-24(21(20)25(28)32-6)26-23(27)16-12-18(29-3)22(31-5)19(13-16)30-4/h8-13H,7H2,1-6H3,(H,26,27). The molecule has 1 N–H and O–H groups in total. The summed E-state index contributed by atoms with van der Waals surface area (Å²) >= 11 is 1.29. The van der Waals surface area contributed by atoms with Crippen molar-refractivity contribution in [2.24, 2.45) is 0 Å². The molecular formula is C25H27NO7S. The van der Waals surface area contributed by atoms with Crippen LogP contribution in [0.1, 0.15) is 32.5 Å². The molecule has 3 rings (SSSR count). The maximum absolute atomic E-state index is 13.2. The van der Waals surface area contributed by atoms with E-state index in [1.54, 1.807) is 12.1 Å². The Bertz CT molecular complexity index is 1160. The number of benzene rings is 2. The number of ether oxygens (including phenoxy) is 5. The Balaban J connectivity index is 2.03. The molecule has 0 radical (unpaired) electrons. The van der Waals surface area contributed by atoms with Crippen LogP contribution in [0.3, 0.4) is 0 Å². The normalized spacial score (nSPS) is 10.4. The lowest BCUT2D eigenvalue weighted by Gasteiger charge is -2.14. The van der Waals surface area contributed by atoms with Gasteiger partial charge in [-0.3, -0.25) is 4.79 Å². The van der Waals surface area contributed by atoms with Crippen molar-refractivity contribution in [2.45, 2.75) is 13.8 Å². The first-order chi connectivity index (χ1) is 16.4. The van der Waals surface area contributed by atoms with Gasteiger partial charge in [0.25, 0.3) is 5.91 Å². The second-order valence-corrected chi connectivity index (χ2v) is 8.28. The molecule has 1 aromatic heterocycles. The lowest BCUT2D eigenvalue weighted by molar-refractivity contribution is 0.0603. The molecule has 1 heterocycles. The molecule has 0 aliphatic heterocycles. The van der Waals surface area contributed by atoms with E-state index in [2.05, 4.69) is 5.32 Å². The highest BCUT2D eigenvalue weighted by Gasteiger charge is 2.26. The van der Waals surface area contributed by atoms with Crippen LogP contribution in [0.25, 0.3) is 11.1 Å². The number of carbonyl (C=O) groups is 2. The monoisotopic (exact) mass is 485 g/mol. The van der Waals surface area contributed by atoms with E-state index in [1.807, 2.05) is 38.1 Å². The highest BCUT2D eigenvalue weighted by Crippen LogP contribution is 2.42. The Labute approximate surface area is 202 Å². The Morgan fingerprint density at radius 2 is 1.56 bits per heavy atom. The van der Waals surface area contributed by atoms with E-state index < -0.39 is 11.9 Å². The molecule has 0 bridgehead atoms. The van der Waals surface area contributed by atoms with Crippen molar-refractivity contribution < 1.29 is 33.3 Å². The summed E-state index contributed by atoms with van der Waals surface area (Å²) in [6.45, 7) is 4.36. The molecule has 0 aliphatic rings. The lowest BCUT2D eigenvalue weighted by atomic mass is 10.0. The number of thiophene rings is 1. The van der Waals surface area contributed by atoms with Gasteiger partial charge in [0.05, 0.1) is 35.0 Å². The third-order valence-corrected chi connectivity index (χ3v) is 6.10. The largest absolute Gasteiger partial charge is 0.494 e. The fraction of sp³-hybridized carbons (Fsp3) is 0.280. The summed E-state index contributed by atoms with van der Waals surface area (Å²) in [6.07, 6.45) is 0. The van der Waals surface area contributed by atoms with E-state index in [0.29, 0.717) is 34.4 Å². The summed E-state index contributed by atoms with van der Waals surface area (Å²) in [5.41, 5.74) is 2.07. The van der Waals surface area contributed by atoms with Gasteiger partial charge in [0.2, 0.25) is 5.75 Å². The minimum absolute atomic E-state index is 0.277. The van der Waals surface area contributed by atoms with Crippen molar-refractivity contribution in [3.63, 3.8) is 0 Å². The molecule has 0 unspecified atom stereocenters. The first-order valence-corrected chi connectivity index (χ1v) is 11.3. The molecule has 2 aromatic carbocycles. The Morgan fingerprint density at radius 3 is 2.06 bits per heavy atom. The number of rotatable bonds is 9. The highest BCUT2D eigenvalue weighted by molar-refractivity contribution is 7.17. The topological polar surface area (TPSA) is 92.3 Å². The van der Waals surface area contributed by atoms with Gasteiger partial charge in [0, 0.05) is 16.0 Å². The first-order valence-electron chi connectivity index (χ1n) is 10.4. The summed E-state index contributed by atoms with van der Waals surface area (Å²) in [4.78, 5) is 26.8. The van der Waals surface area contributed by atoms with Gasteiger partial charge in [0.15, 0.2) is 11.5 Å². The van der Waals surface area contributed by atoms with E-state index >= 15 is 0 Å². The van der Waals surface area contributed by atoms with Crippen molar-refractivity contribution in [3.8, 4) is 34.1 Å². The molecular weight excluding hydrogens is 458 g/mol. The van der Waals surface area contributed by atoms with Gasteiger partial charge in [-0.1, -0.05) is 12.1 Å². The number of carbonyl (C=O) groups excluding carboxylic acids is 2. The highest BCUT2D eigenvalue weighted by atomic mass is 32.1. The second kappa shape index (κ2) is 10.9. The molecule has 8 nitrogen and oxygen atoms in total. The van der Waals surface area contributed by atoms with Gasteiger partial charge in [-0.15, -0.1) is 11.3 Å². The van der Waals surface area contributed by atoms with Crippen LogP contribution in [-0.2, 0) is 4.74 Å². The molecule has 34 heavy (non-hydrogen) atoms. The van der Waals surface area contributed by atoms with Crippen LogP contribution in [-0.4, -0.2) is 46.9 Å². The zero-order valence-electron chi connectivity index (χ0n) is 19.9. The fourth-order valence-corrected chi connectivity index (χ4v) is 4.61. The van der Waals surface area contributed by atoms with Gasteiger partial charge >= 0.3 is 5.97 Å². The number of hydrogen-bond donors (Lipinski definition) is 1. The minimum Gasteiger partial charge on any atom is -0.494 e. The number of aryl methyl sites for hydroxylation is 1. The minimum atomic E-state index is -0.548. The predicted octanol–water partition coefficient (Wildman–Crippen LogP) is 5.19. The molecule has 9 heteroatoms. The van der Waals surface area contributed by atoms with Gasteiger partial charge < -0.3 is 29.0 Å². The molecule has 0 fully saturated rings. The number of methoxy groups -OCH3 is 4. The average molecular weight is 486 g/mol. The van der Waals surface area contributed by atoms with E-state index in [9.17, 15) is 9.59 Å². The Morgan fingerprint density at radius 1 is 0.941 bits per heavy atom. The SMILES string of the molecule is CCOc1ccc(-c2c(C)sc(NC(=O)c3cc(OC)c(OC)c(OC)c3)c2C(=O)OC)cc1. The summed E-state index contributed by atoms with van der Waals surface area (Å²) in [7, 11) is 5.74. The zero-order chi connectivity index (χ0) is 24.8. The van der Waals surface area contributed by atoms with Gasteiger partial charge in [-0.05, 0) is 43.7 Å². The van der Waals surface area contributed by atoms with Crippen LogP contribution in [0.15, 0.2) is 36.4 Å². The molecule has 1 amide bonds. The number of anilines is 1. The molecule has 0 aliphatic carbocycles. The van der Waals surface area contributed by atoms with Crippen molar-refractivity contribution in [2.75, 3.05) is 40.4 Å². The van der Waals surface area contributed by atoms with Crippen molar-refractivity contribution in [1.82, 2.24) is 0 Å². The number of nitrogens with one attached hydrogen (secondary N) is 1. The molecule has 0 saturated carbocycles. The van der Waals surface area contributed by atoms with Gasteiger partial charge in [0.1, 0.15) is 16.3 Å². The van der Waals surface area contributed by atoms with Crippen molar-refractivity contribution in [1.29, 1.82) is 0 Å². The maximum Gasteiger partial charge on any atom is 0.341 e. The Hall–Kier alpha value is -3.72. The van der Waals surface area contributed by atoms with E-state index in [4.69, 9.17) is 23.7 Å². The lowest BCUT2D eigenvalue weighted by Crippen LogP contribution is -2.14. The van der Waals surface area contributed by atoms with Gasteiger partial charge in [-0.2, -0.15) is 0 Å². The second-order valence-electron chi connectivity index (χ2n) is 7.05. The molecule has 180 valence electrons. The van der Waals surface area contributed by atoms with Crippen LogP contribution in [0.2, 0.25) is 0 Å². The van der Waals surface area contributed by atoms with Crippen molar-refractivity contribution >= 4 is 28.2 Å². The zero-order valence-corrected chi connectivity index (χ0v) is 20.8. The van der Waals surface area contributed by atoms with Gasteiger partial charge in [-0.25, -0.2) is 4.79 Å². The number of hydrogen-bond acceptors (Lipinski definition) is 8. The molecule has 0 saturated heterocycles. The number of esters is 1. The van der Waals surface area contributed by atoms with Crippen LogP contribution < -0.4 is 24.3 Å².